The highest BCUT2D eigenvalue weighted by atomic mass is 16.2. The van der Waals surface area contributed by atoms with Crippen molar-refractivity contribution in [1.29, 1.82) is 0 Å². The maximum atomic E-state index is 11.5. The van der Waals surface area contributed by atoms with Gasteiger partial charge in [-0.3, -0.25) is 9.69 Å². The SMILES string of the molecule is CCN1CCN2C(=O)CCCC2C1. The molecule has 2 heterocycles. The van der Waals surface area contributed by atoms with E-state index in [1.54, 1.807) is 0 Å². The van der Waals surface area contributed by atoms with Crippen molar-refractivity contribution in [2.45, 2.75) is 32.2 Å². The zero-order valence-electron chi connectivity index (χ0n) is 8.33. The molecule has 2 fully saturated rings. The minimum Gasteiger partial charge on any atom is -0.337 e. The Balaban J connectivity index is 1.99. The first-order valence-corrected chi connectivity index (χ1v) is 5.33. The van der Waals surface area contributed by atoms with Crippen LogP contribution in [-0.4, -0.2) is 47.9 Å². The average Bonchev–Trinajstić information content (AvgIpc) is 2.18. The highest BCUT2D eigenvalue weighted by Crippen LogP contribution is 2.21. The van der Waals surface area contributed by atoms with Crippen molar-refractivity contribution in [2.24, 2.45) is 0 Å². The summed E-state index contributed by atoms with van der Waals surface area (Å²) in [5.74, 6) is 0.381. The van der Waals surface area contributed by atoms with Crippen molar-refractivity contribution in [1.82, 2.24) is 9.80 Å². The summed E-state index contributed by atoms with van der Waals surface area (Å²) in [7, 11) is 0. The van der Waals surface area contributed by atoms with Crippen LogP contribution in [-0.2, 0) is 4.79 Å². The highest BCUT2D eigenvalue weighted by Gasteiger charge is 2.32. The van der Waals surface area contributed by atoms with Crippen molar-refractivity contribution >= 4 is 5.91 Å². The summed E-state index contributed by atoms with van der Waals surface area (Å²) in [5, 5.41) is 0. The largest absolute Gasteiger partial charge is 0.337 e. The number of hydrogen-bond acceptors (Lipinski definition) is 2. The number of carbonyl (C=O) groups is 1. The highest BCUT2D eigenvalue weighted by molar-refractivity contribution is 5.77. The molecule has 0 aromatic rings. The molecule has 0 aromatic carbocycles. The zero-order chi connectivity index (χ0) is 9.26. The Morgan fingerprint density at radius 3 is 3.08 bits per heavy atom. The molecule has 0 N–H and O–H groups in total. The first-order chi connectivity index (χ1) is 6.31. The lowest BCUT2D eigenvalue weighted by molar-refractivity contribution is -0.139. The first-order valence-electron chi connectivity index (χ1n) is 5.33. The van der Waals surface area contributed by atoms with Crippen LogP contribution in [0, 0.1) is 0 Å². The molecule has 0 spiro atoms. The van der Waals surface area contributed by atoms with Gasteiger partial charge in [-0.1, -0.05) is 6.92 Å². The standard InChI is InChI=1S/C10H18N2O/c1-2-11-6-7-12-9(8-11)4-3-5-10(12)13/h9H,2-8H2,1H3. The summed E-state index contributed by atoms with van der Waals surface area (Å²) in [6.45, 7) is 6.44. The Morgan fingerprint density at radius 1 is 1.46 bits per heavy atom. The molecule has 13 heavy (non-hydrogen) atoms. The van der Waals surface area contributed by atoms with Crippen molar-refractivity contribution < 1.29 is 4.79 Å². The van der Waals surface area contributed by atoms with Crippen LogP contribution in [0.3, 0.4) is 0 Å². The van der Waals surface area contributed by atoms with Gasteiger partial charge >= 0.3 is 0 Å². The van der Waals surface area contributed by atoms with Gasteiger partial charge < -0.3 is 4.90 Å². The number of likely N-dealkylation sites (N-methyl/N-ethyl adjacent to an activating group) is 1. The minimum absolute atomic E-state index is 0.381. The Morgan fingerprint density at radius 2 is 2.31 bits per heavy atom. The van der Waals surface area contributed by atoms with Gasteiger partial charge in [-0.2, -0.15) is 0 Å². The Bertz CT molecular complexity index is 205. The number of amides is 1. The van der Waals surface area contributed by atoms with Gasteiger partial charge in [0.05, 0.1) is 0 Å². The van der Waals surface area contributed by atoms with Gasteiger partial charge in [-0.15, -0.1) is 0 Å². The zero-order valence-corrected chi connectivity index (χ0v) is 8.33. The maximum absolute atomic E-state index is 11.5. The van der Waals surface area contributed by atoms with E-state index in [-0.39, 0.29) is 0 Å². The second-order valence-electron chi connectivity index (χ2n) is 4.03. The molecule has 0 radical (unpaired) electrons. The molecule has 0 aliphatic carbocycles. The summed E-state index contributed by atoms with van der Waals surface area (Å²) in [5.41, 5.74) is 0. The third-order valence-electron chi connectivity index (χ3n) is 3.26. The van der Waals surface area contributed by atoms with Crippen LogP contribution in [0.25, 0.3) is 0 Å². The summed E-state index contributed by atoms with van der Waals surface area (Å²) in [6.07, 6.45) is 3.09. The molecule has 0 aromatic heterocycles. The second kappa shape index (κ2) is 3.66. The number of carbonyl (C=O) groups excluding carboxylic acids is 1. The molecule has 1 amide bonds. The number of piperazine rings is 1. The van der Waals surface area contributed by atoms with Gasteiger partial charge in [-0.25, -0.2) is 0 Å². The molecule has 2 aliphatic rings. The van der Waals surface area contributed by atoms with Gasteiger partial charge in [0.2, 0.25) is 5.91 Å². The molecule has 3 nitrogen and oxygen atoms in total. The predicted octanol–water partition coefficient (Wildman–Crippen LogP) is 0.703. The second-order valence-corrected chi connectivity index (χ2v) is 4.03. The quantitative estimate of drug-likeness (QED) is 0.596. The Hall–Kier alpha value is -0.570. The maximum Gasteiger partial charge on any atom is 0.222 e. The first kappa shape index (κ1) is 9.00. The topological polar surface area (TPSA) is 23.6 Å². The van der Waals surface area contributed by atoms with Crippen LogP contribution in [0.1, 0.15) is 26.2 Å². The fourth-order valence-electron chi connectivity index (χ4n) is 2.41. The van der Waals surface area contributed by atoms with Crippen LogP contribution in [0.4, 0.5) is 0 Å². The van der Waals surface area contributed by atoms with E-state index in [0.717, 1.165) is 39.0 Å². The summed E-state index contributed by atoms with van der Waals surface area (Å²) in [4.78, 5) is 16.1. The fourth-order valence-corrected chi connectivity index (χ4v) is 2.41. The molecule has 2 saturated heterocycles. The van der Waals surface area contributed by atoms with E-state index in [0.29, 0.717) is 11.9 Å². The molecule has 1 unspecified atom stereocenters. The van der Waals surface area contributed by atoms with E-state index >= 15 is 0 Å². The van der Waals surface area contributed by atoms with Crippen LogP contribution >= 0.6 is 0 Å². The van der Waals surface area contributed by atoms with Gasteiger partial charge in [0, 0.05) is 32.1 Å². The molecule has 2 aliphatic heterocycles. The van der Waals surface area contributed by atoms with Gasteiger partial charge in [0.1, 0.15) is 0 Å². The van der Waals surface area contributed by atoms with E-state index in [2.05, 4.69) is 16.7 Å². The third-order valence-corrected chi connectivity index (χ3v) is 3.26. The van der Waals surface area contributed by atoms with Crippen LogP contribution in [0.15, 0.2) is 0 Å². The van der Waals surface area contributed by atoms with Crippen molar-refractivity contribution in [3.8, 4) is 0 Å². The van der Waals surface area contributed by atoms with Crippen LogP contribution < -0.4 is 0 Å². The molecule has 3 heteroatoms. The Labute approximate surface area is 79.7 Å². The monoisotopic (exact) mass is 182 g/mol. The van der Waals surface area contributed by atoms with E-state index in [4.69, 9.17) is 0 Å². The number of nitrogens with zero attached hydrogens (tertiary/aromatic N) is 2. The van der Waals surface area contributed by atoms with Crippen molar-refractivity contribution in [2.75, 3.05) is 26.2 Å². The lowest BCUT2D eigenvalue weighted by atomic mass is 9.99. The van der Waals surface area contributed by atoms with Gasteiger partial charge in [-0.05, 0) is 19.4 Å². The van der Waals surface area contributed by atoms with E-state index in [1.165, 1.54) is 6.42 Å². The smallest absolute Gasteiger partial charge is 0.222 e. The third kappa shape index (κ3) is 1.70. The van der Waals surface area contributed by atoms with Gasteiger partial charge in [0.15, 0.2) is 0 Å². The number of fused-ring (bicyclic) bond motifs is 1. The molecule has 1 atom stereocenters. The van der Waals surface area contributed by atoms with Crippen molar-refractivity contribution in [3.05, 3.63) is 0 Å². The lowest BCUT2D eigenvalue weighted by Gasteiger charge is -2.43. The predicted molar refractivity (Wildman–Crippen MR) is 51.5 cm³/mol. The normalized spacial score (nSPS) is 30.4. The van der Waals surface area contributed by atoms with Crippen molar-refractivity contribution in [3.63, 3.8) is 0 Å². The van der Waals surface area contributed by atoms with E-state index < -0.39 is 0 Å². The van der Waals surface area contributed by atoms with Gasteiger partial charge in [0.25, 0.3) is 0 Å². The molecular formula is C10H18N2O. The molecule has 0 bridgehead atoms. The molecule has 2 rings (SSSR count). The minimum atomic E-state index is 0.381. The summed E-state index contributed by atoms with van der Waals surface area (Å²) < 4.78 is 0. The number of piperidine rings is 1. The summed E-state index contributed by atoms with van der Waals surface area (Å²) in [6, 6.07) is 0.523. The molecule has 74 valence electrons. The average molecular weight is 182 g/mol. The van der Waals surface area contributed by atoms with E-state index in [1.807, 2.05) is 0 Å². The lowest BCUT2D eigenvalue weighted by Crippen LogP contribution is -2.56. The van der Waals surface area contributed by atoms with Crippen LogP contribution in [0.5, 0.6) is 0 Å². The number of hydrogen-bond donors (Lipinski definition) is 0. The number of rotatable bonds is 1. The molecule has 0 saturated carbocycles. The van der Waals surface area contributed by atoms with E-state index in [9.17, 15) is 4.79 Å². The fraction of sp³-hybridized carbons (Fsp3) is 0.900. The summed E-state index contributed by atoms with van der Waals surface area (Å²) >= 11 is 0. The van der Waals surface area contributed by atoms with Crippen LogP contribution in [0.2, 0.25) is 0 Å². The molecular weight excluding hydrogens is 164 g/mol. The Kier molecular flexibility index (Phi) is 2.54.